The van der Waals surface area contributed by atoms with Gasteiger partial charge in [0.15, 0.2) is 0 Å². The summed E-state index contributed by atoms with van der Waals surface area (Å²) >= 11 is 0. The topological polar surface area (TPSA) is 82.0 Å². The van der Waals surface area contributed by atoms with Crippen LogP contribution in [0.2, 0.25) is 0 Å². The fourth-order valence-electron chi connectivity index (χ4n) is 1.88. The van der Waals surface area contributed by atoms with Gasteiger partial charge in [0, 0.05) is 19.6 Å². The van der Waals surface area contributed by atoms with E-state index in [9.17, 15) is 9.59 Å². The van der Waals surface area contributed by atoms with E-state index >= 15 is 0 Å². The Labute approximate surface area is 126 Å². The summed E-state index contributed by atoms with van der Waals surface area (Å²) in [5, 5.41) is 3.19. The Kier molecular flexibility index (Phi) is 5.25. The Morgan fingerprint density at radius 2 is 1.86 bits per heavy atom. The van der Waals surface area contributed by atoms with E-state index in [0.717, 1.165) is 17.4 Å². The Morgan fingerprint density at radius 3 is 2.33 bits per heavy atom. The summed E-state index contributed by atoms with van der Waals surface area (Å²) in [4.78, 5) is 24.5. The molecule has 3 N–H and O–H groups in total. The number of unbranched alkanes of at least 4 members (excludes halogenated alkanes) is 1. The molecule has 0 amide bonds. The molecule has 1 heterocycles. The highest BCUT2D eigenvalue weighted by molar-refractivity contribution is 5.61. The fourth-order valence-corrected chi connectivity index (χ4v) is 1.88. The number of nitrogens with one attached hydrogen (secondary N) is 1. The molecule has 1 atom stereocenters. The minimum absolute atomic E-state index is 0.0260. The zero-order valence-electron chi connectivity index (χ0n) is 14.0. The van der Waals surface area contributed by atoms with E-state index in [1.165, 1.54) is 11.6 Å². The molecule has 1 unspecified atom stereocenters. The highest BCUT2D eigenvalue weighted by Gasteiger charge is 2.23. The first-order chi connectivity index (χ1) is 9.61. The molecular weight excluding hydrogens is 268 g/mol. The largest absolute Gasteiger partial charge is 0.383 e. The first-order valence-corrected chi connectivity index (χ1v) is 7.47. The molecule has 0 radical (unpaired) electrons. The third-order valence-corrected chi connectivity index (χ3v) is 3.98. The van der Waals surface area contributed by atoms with E-state index in [1.807, 2.05) is 13.8 Å². The maximum Gasteiger partial charge on any atom is 0.332 e. The van der Waals surface area contributed by atoms with Crippen LogP contribution < -0.4 is 22.3 Å². The van der Waals surface area contributed by atoms with Crippen LogP contribution in [0.3, 0.4) is 0 Å². The van der Waals surface area contributed by atoms with Crippen molar-refractivity contribution in [2.24, 2.45) is 12.5 Å². The number of nitrogens with two attached hydrogens (primary N) is 1. The number of nitrogen functional groups attached to an aromatic ring is 1. The summed E-state index contributed by atoms with van der Waals surface area (Å²) in [5.74, 6) is 0.229. The summed E-state index contributed by atoms with van der Waals surface area (Å²) in [7, 11) is 1.49. The van der Waals surface area contributed by atoms with Gasteiger partial charge < -0.3 is 11.1 Å². The number of hydrogen-bond donors (Lipinski definition) is 2. The van der Waals surface area contributed by atoms with Crippen molar-refractivity contribution in [3.05, 3.63) is 20.8 Å². The van der Waals surface area contributed by atoms with E-state index in [-0.39, 0.29) is 28.5 Å². The SMILES string of the molecule is CCCCn1c(N)c(NC(C)C(C)(C)C)c(=O)n(C)c1=O. The van der Waals surface area contributed by atoms with Gasteiger partial charge in [-0.1, -0.05) is 34.1 Å². The normalized spacial score (nSPS) is 13.2. The van der Waals surface area contributed by atoms with Crippen molar-refractivity contribution >= 4 is 11.5 Å². The van der Waals surface area contributed by atoms with Crippen molar-refractivity contribution in [2.45, 2.75) is 60.0 Å². The summed E-state index contributed by atoms with van der Waals surface area (Å²) in [5.41, 5.74) is 5.63. The first-order valence-electron chi connectivity index (χ1n) is 7.47. The van der Waals surface area contributed by atoms with E-state index in [2.05, 4.69) is 26.1 Å². The van der Waals surface area contributed by atoms with Gasteiger partial charge in [-0.15, -0.1) is 0 Å². The molecule has 0 aromatic carbocycles. The monoisotopic (exact) mass is 296 g/mol. The van der Waals surface area contributed by atoms with Crippen molar-refractivity contribution < 1.29 is 0 Å². The van der Waals surface area contributed by atoms with Crippen LogP contribution in [0.5, 0.6) is 0 Å². The molecule has 0 saturated carbocycles. The Bertz CT molecular complexity index is 608. The van der Waals surface area contributed by atoms with Gasteiger partial charge in [0.05, 0.1) is 0 Å². The molecule has 0 aliphatic heterocycles. The van der Waals surface area contributed by atoms with Crippen LogP contribution in [-0.2, 0) is 13.6 Å². The van der Waals surface area contributed by atoms with Gasteiger partial charge in [-0.3, -0.25) is 13.9 Å². The average Bonchev–Trinajstić information content (AvgIpc) is 2.40. The third-order valence-electron chi connectivity index (χ3n) is 3.98. The molecule has 0 saturated heterocycles. The van der Waals surface area contributed by atoms with E-state index in [4.69, 9.17) is 5.73 Å². The van der Waals surface area contributed by atoms with Crippen LogP contribution in [0, 0.1) is 5.41 Å². The molecule has 21 heavy (non-hydrogen) atoms. The van der Waals surface area contributed by atoms with Crippen molar-refractivity contribution in [3.63, 3.8) is 0 Å². The van der Waals surface area contributed by atoms with Crippen LogP contribution >= 0.6 is 0 Å². The molecule has 1 aromatic rings. The minimum Gasteiger partial charge on any atom is -0.383 e. The van der Waals surface area contributed by atoms with Gasteiger partial charge in [0.1, 0.15) is 11.5 Å². The Morgan fingerprint density at radius 1 is 1.29 bits per heavy atom. The lowest BCUT2D eigenvalue weighted by Crippen LogP contribution is -2.43. The van der Waals surface area contributed by atoms with Gasteiger partial charge in [-0.25, -0.2) is 4.79 Å². The van der Waals surface area contributed by atoms with Crippen LogP contribution in [0.25, 0.3) is 0 Å². The molecule has 6 nitrogen and oxygen atoms in total. The molecule has 0 fully saturated rings. The molecule has 0 aliphatic carbocycles. The first kappa shape index (κ1) is 17.3. The molecule has 6 heteroatoms. The van der Waals surface area contributed by atoms with Crippen molar-refractivity contribution in [3.8, 4) is 0 Å². The van der Waals surface area contributed by atoms with Gasteiger partial charge in [0.2, 0.25) is 0 Å². The van der Waals surface area contributed by atoms with Gasteiger partial charge in [0.25, 0.3) is 5.56 Å². The predicted molar refractivity (Wildman–Crippen MR) is 87.8 cm³/mol. The molecule has 0 bridgehead atoms. The average molecular weight is 296 g/mol. The Hall–Kier alpha value is -1.72. The number of rotatable bonds is 5. The maximum absolute atomic E-state index is 12.3. The minimum atomic E-state index is -0.374. The zero-order valence-corrected chi connectivity index (χ0v) is 14.0. The molecule has 0 aliphatic rings. The van der Waals surface area contributed by atoms with Crippen molar-refractivity contribution in [1.82, 2.24) is 9.13 Å². The summed E-state index contributed by atoms with van der Waals surface area (Å²) in [6.45, 7) is 10.8. The van der Waals surface area contributed by atoms with E-state index in [1.54, 1.807) is 0 Å². The van der Waals surface area contributed by atoms with Gasteiger partial charge >= 0.3 is 5.69 Å². The molecule has 120 valence electrons. The van der Waals surface area contributed by atoms with Gasteiger partial charge in [-0.05, 0) is 18.8 Å². The number of nitrogens with zero attached hydrogens (tertiary/aromatic N) is 2. The highest BCUT2D eigenvalue weighted by atomic mass is 16.2. The second-order valence-electron chi connectivity index (χ2n) is 6.64. The molecule has 1 aromatic heterocycles. The summed E-state index contributed by atoms with van der Waals surface area (Å²) in [6.07, 6.45) is 1.80. The molecule has 0 spiro atoms. The second-order valence-corrected chi connectivity index (χ2v) is 6.64. The predicted octanol–water partition coefficient (Wildman–Crippen LogP) is 1.78. The smallest absolute Gasteiger partial charge is 0.332 e. The van der Waals surface area contributed by atoms with Crippen LogP contribution in [0.4, 0.5) is 11.5 Å². The van der Waals surface area contributed by atoms with Crippen molar-refractivity contribution in [2.75, 3.05) is 11.1 Å². The summed E-state index contributed by atoms with van der Waals surface area (Å²) in [6, 6.07) is 0.0460. The lowest BCUT2D eigenvalue weighted by atomic mass is 9.88. The van der Waals surface area contributed by atoms with Crippen molar-refractivity contribution in [1.29, 1.82) is 0 Å². The van der Waals surface area contributed by atoms with E-state index < -0.39 is 0 Å². The molecular formula is C15H28N4O2. The van der Waals surface area contributed by atoms with Crippen LogP contribution in [0.1, 0.15) is 47.5 Å². The summed E-state index contributed by atoms with van der Waals surface area (Å²) < 4.78 is 2.59. The zero-order chi connectivity index (χ0) is 16.4. The Balaban J connectivity index is 3.36. The lowest BCUT2D eigenvalue weighted by molar-refractivity contribution is 0.359. The second kappa shape index (κ2) is 6.37. The van der Waals surface area contributed by atoms with E-state index in [0.29, 0.717) is 12.2 Å². The lowest BCUT2D eigenvalue weighted by Gasteiger charge is -2.29. The van der Waals surface area contributed by atoms with Crippen LogP contribution in [-0.4, -0.2) is 15.2 Å². The number of aromatic nitrogens is 2. The third kappa shape index (κ3) is 3.68. The fraction of sp³-hybridized carbons (Fsp3) is 0.733. The molecule has 1 rings (SSSR count). The number of hydrogen-bond acceptors (Lipinski definition) is 4. The highest BCUT2D eigenvalue weighted by Crippen LogP contribution is 2.23. The van der Waals surface area contributed by atoms with Gasteiger partial charge in [-0.2, -0.15) is 0 Å². The number of anilines is 2. The standard InChI is InChI=1S/C15H28N4O2/c1-7-8-9-19-12(16)11(13(20)18(6)14(19)21)17-10(2)15(3,4)5/h10,17H,7-9,16H2,1-6H3. The quantitative estimate of drug-likeness (QED) is 0.867. The van der Waals surface area contributed by atoms with Crippen LogP contribution in [0.15, 0.2) is 9.59 Å². The maximum atomic E-state index is 12.3.